The van der Waals surface area contributed by atoms with Gasteiger partial charge < -0.3 is 10.6 Å². The molecule has 0 unspecified atom stereocenters. The summed E-state index contributed by atoms with van der Waals surface area (Å²) in [5, 5.41) is 7.17. The summed E-state index contributed by atoms with van der Waals surface area (Å²) in [5.74, 6) is 0.390. The summed E-state index contributed by atoms with van der Waals surface area (Å²) in [5.41, 5.74) is 8.72. The zero-order valence-electron chi connectivity index (χ0n) is 12.5. The van der Waals surface area contributed by atoms with Gasteiger partial charge in [-0.1, -0.05) is 18.2 Å². The number of hydrogen-bond donors (Lipinski definition) is 2. The number of primary amides is 1. The Hall–Kier alpha value is -2.83. The Morgan fingerprint density at radius 2 is 2.05 bits per heavy atom. The minimum atomic E-state index is -0.485. The number of aryl methyl sites for hydroxylation is 1. The standard InChI is InChI=1S/C15H17N5O2/c1-9-5-3-4-6-13(9)20(10(2)21)14-11-7-19(15(16)22)8-12(11)17-18-14/h3-6H,7-8H2,1-2H3,(H2,16,22)(H,17,18). The Labute approximate surface area is 127 Å². The van der Waals surface area contributed by atoms with Gasteiger partial charge in [-0.3, -0.25) is 14.8 Å². The third-order valence-electron chi connectivity index (χ3n) is 3.82. The van der Waals surface area contributed by atoms with Gasteiger partial charge in [-0.25, -0.2) is 4.79 Å². The predicted octanol–water partition coefficient (Wildman–Crippen LogP) is 1.80. The number of aromatic amines is 1. The second-order valence-electron chi connectivity index (χ2n) is 5.34. The van der Waals surface area contributed by atoms with Gasteiger partial charge in [0.2, 0.25) is 5.91 Å². The fourth-order valence-corrected chi connectivity index (χ4v) is 2.71. The molecule has 1 aromatic carbocycles. The Bertz CT molecular complexity index is 752. The number of nitrogens with two attached hydrogens (primary N) is 1. The Balaban J connectivity index is 2.05. The molecular formula is C15H17N5O2. The second kappa shape index (κ2) is 5.18. The Kier molecular flexibility index (Phi) is 3.32. The van der Waals surface area contributed by atoms with Crippen molar-refractivity contribution in [1.82, 2.24) is 15.1 Å². The van der Waals surface area contributed by atoms with E-state index >= 15 is 0 Å². The highest BCUT2D eigenvalue weighted by atomic mass is 16.2. The van der Waals surface area contributed by atoms with Crippen LogP contribution in [0.15, 0.2) is 24.3 Å². The first-order valence-electron chi connectivity index (χ1n) is 6.96. The molecule has 7 nitrogen and oxygen atoms in total. The predicted molar refractivity (Wildman–Crippen MR) is 81.4 cm³/mol. The smallest absolute Gasteiger partial charge is 0.315 e. The molecular weight excluding hydrogens is 282 g/mol. The maximum atomic E-state index is 12.2. The van der Waals surface area contributed by atoms with Gasteiger partial charge in [0.25, 0.3) is 0 Å². The zero-order valence-corrected chi connectivity index (χ0v) is 12.5. The van der Waals surface area contributed by atoms with Crippen molar-refractivity contribution in [2.45, 2.75) is 26.9 Å². The Morgan fingerprint density at radius 3 is 2.68 bits per heavy atom. The van der Waals surface area contributed by atoms with Gasteiger partial charge in [-0.2, -0.15) is 5.10 Å². The highest BCUT2D eigenvalue weighted by Gasteiger charge is 2.31. The fraction of sp³-hybridized carbons (Fsp3) is 0.267. The number of H-pyrrole nitrogens is 1. The number of para-hydroxylation sites is 1. The zero-order chi connectivity index (χ0) is 15.9. The van der Waals surface area contributed by atoms with E-state index in [2.05, 4.69) is 10.2 Å². The number of rotatable bonds is 2. The van der Waals surface area contributed by atoms with Crippen molar-refractivity contribution in [2.24, 2.45) is 5.73 Å². The van der Waals surface area contributed by atoms with E-state index in [-0.39, 0.29) is 5.91 Å². The first-order chi connectivity index (χ1) is 10.5. The lowest BCUT2D eigenvalue weighted by Gasteiger charge is -2.22. The van der Waals surface area contributed by atoms with Crippen LogP contribution in [0.4, 0.5) is 16.3 Å². The monoisotopic (exact) mass is 299 g/mol. The van der Waals surface area contributed by atoms with Crippen LogP contribution >= 0.6 is 0 Å². The summed E-state index contributed by atoms with van der Waals surface area (Å²) in [7, 11) is 0. The van der Waals surface area contributed by atoms with Crippen molar-refractivity contribution in [2.75, 3.05) is 4.90 Å². The lowest BCUT2D eigenvalue weighted by molar-refractivity contribution is -0.115. The molecule has 2 aromatic rings. The number of carbonyl (C=O) groups excluding carboxylic acids is 2. The van der Waals surface area contributed by atoms with E-state index < -0.39 is 6.03 Å². The molecule has 3 N–H and O–H groups in total. The number of carbonyl (C=O) groups is 2. The van der Waals surface area contributed by atoms with Crippen LogP contribution in [-0.4, -0.2) is 27.0 Å². The third-order valence-corrected chi connectivity index (χ3v) is 3.82. The van der Waals surface area contributed by atoms with Gasteiger partial charge in [-0.15, -0.1) is 0 Å². The van der Waals surface area contributed by atoms with Crippen LogP contribution in [0, 0.1) is 6.92 Å². The summed E-state index contributed by atoms with van der Waals surface area (Å²) < 4.78 is 0. The molecule has 0 fully saturated rings. The van der Waals surface area contributed by atoms with Crippen LogP contribution in [0.25, 0.3) is 0 Å². The van der Waals surface area contributed by atoms with E-state index in [0.29, 0.717) is 18.9 Å². The number of nitrogens with one attached hydrogen (secondary N) is 1. The molecule has 22 heavy (non-hydrogen) atoms. The molecule has 1 aromatic heterocycles. The SMILES string of the molecule is CC(=O)N(c1ccccc1C)c1n[nH]c2c1CN(C(N)=O)C2. The van der Waals surface area contributed by atoms with Gasteiger partial charge in [0.05, 0.1) is 24.5 Å². The van der Waals surface area contributed by atoms with E-state index in [9.17, 15) is 9.59 Å². The number of benzene rings is 1. The van der Waals surface area contributed by atoms with Crippen LogP contribution in [-0.2, 0) is 17.9 Å². The van der Waals surface area contributed by atoms with E-state index in [4.69, 9.17) is 5.73 Å². The topological polar surface area (TPSA) is 95.3 Å². The normalized spacial score (nSPS) is 13.1. The molecule has 2 heterocycles. The van der Waals surface area contributed by atoms with Gasteiger partial charge >= 0.3 is 6.03 Å². The maximum Gasteiger partial charge on any atom is 0.315 e. The van der Waals surface area contributed by atoms with Crippen LogP contribution in [0.5, 0.6) is 0 Å². The van der Waals surface area contributed by atoms with Crippen molar-refractivity contribution in [1.29, 1.82) is 0 Å². The summed E-state index contributed by atoms with van der Waals surface area (Å²) in [6.45, 7) is 4.17. The lowest BCUT2D eigenvalue weighted by Crippen LogP contribution is -2.31. The summed E-state index contributed by atoms with van der Waals surface area (Å²) in [4.78, 5) is 26.6. The number of nitrogens with zero attached hydrogens (tertiary/aromatic N) is 3. The van der Waals surface area contributed by atoms with Crippen molar-refractivity contribution >= 4 is 23.4 Å². The van der Waals surface area contributed by atoms with Crippen LogP contribution in [0.2, 0.25) is 0 Å². The maximum absolute atomic E-state index is 12.2. The average Bonchev–Trinajstić information content (AvgIpc) is 3.02. The first-order valence-corrected chi connectivity index (χ1v) is 6.96. The van der Waals surface area contributed by atoms with Crippen molar-refractivity contribution in [3.63, 3.8) is 0 Å². The molecule has 0 saturated carbocycles. The number of amides is 3. The van der Waals surface area contributed by atoms with E-state index in [1.54, 1.807) is 4.90 Å². The number of fused-ring (bicyclic) bond motifs is 1. The quantitative estimate of drug-likeness (QED) is 0.885. The van der Waals surface area contributed by atoms with Gasteiger partial charge in [0, 0.05) is 12.5 Å². The number of urea groups is 1. The summed E-state index contributed by atoms with van der Waals surface area (Å²) in [6.07, 6.45) is 0. The minimum Gasteiger partial charge on any atom is -0.351 e. The highest BCUT2D eigenvalue weighted by molar-refractivity contribution is 5.99. The molecule has 0 saturated heterocycles. The fourth-order valence-electron chi connectivity index (χ4n) is 2.71. The molecule has 3 rings (SSSR count). The number of anilines is 2. The summed E-state index contributed by atoms with van der Waals surface area (Å²) >= 11 is 0. The van der Waals surface area contributed by atoms with E-state index in [1.165, 1.54) is 11.8 Å². The van der Waals surface area contributed by atoms with Crippen LogP contribution < -0.4 is 10.6 Å². The minimum absolute atomic E-state index is 0.138. The highest BCUT2D eigenvalue weighted by Crippen LogP contribution is 2.34. The number of aromatic nitrogens is 2. The van der Waals surface area contributed by atoms with Crippen molar-refractivity contribution in [3.05, 3.63) is 41.1 Å². The van der Waals surface area contributed by atoms with Crippen molar-refractivity contribution in [3.8, 4) is 0 Å². The average molecular weight is 299 g/mol. The van der Waals surface area contributed by atoms with E-state index in [0.717, 1.165) is 22.5 Å². The van der Waals surface area contributed by atoms with Gasteiger partial charge in [-0.05, 0) is 18.6 Å². The molecule has 3 amide bonds. The Morgan fingerprint density at radius 1 is 1.32 bits per heavy atom. The molecule has 0 atom stereocenters. The molecule has 7 heteroatoms. The third kappa shape index (κ3) is 2.20. The molecule has 1 aliphatic heterocycles. The molecule has 0 bridgehead atoms. The van der Waals surface area contributed by atoms with E-state index in [1.807, 2.05) is 31.2 Å². The molecule has 0 spiro atoms. The van der Waals surface area contributed by atoms with Gasteiger partial charge in [0.15, 0.2) is 5.82 Å². The first kappa shape index (κ1) is 14.1. The van der Waals surface area contributed by atoms with Crippen LogP contribution in [0.1, 0.15) is 23.7 Å². The van der Waals surface area contributed by atoms with Crippen molar-refractivity contribution < 1.29 is 9.59 Å². The molecule has 0 aliphatic carbocycles. The summed E-state index contributed by atoms with van der Waals surface area (Å²) in [6, 6.07) is 7.12. The number of hydrogen-bond acceptors (Lipinski definition) is 3. The van der Waals surface area contributed by atoms with Crippen LogP contribution in [0.3, 0.4) is 0 Å². The largest absolute Gasteiger partial charge is 0.351 e. The lowest BCUT2D eigenvalue weighted by atomic mass is 10.1. The second-order valence-corrected chi connectivity index (χ2v) is 5.34. The molecule has 114 valence electrons. The van der Waals surface area contributed by atoms with Gasteiger partial charge in [0.1, 0.15) is 0 Å². The molecule has 1 aliphatic rings. The molecule has 0 radical (unpaired) electrons.